The minimum absolute atomic E-state index is 0.0923. The van der Waals surface area contributed by atoms with Gasteiger partial charge in [-0.1, -0.05) is 30.3 Å². The zero-order valence-corrected chi connectivity index (χ0v) is 16.2. The van der Waals surface area contributed by atoms with Crippen LogP contribution < -0.4 is 0 Å². The van der Waals surface area contributed by atoms with Crippen LogP contribution in [0.2, 0.25) is 0 Å². The Labute approximate surface area is 162 Å². The second-order valence-corrected chi connectivity index (χ2v) is 7.46. The molecule has 0 bridgehead atoms. The van der Waals surface area contributed by atoms with E-state index in [4.69, 9.17) is 0 Å². The van der Waals surface area contributed by atoms with E-state index in [9.17, 15) is 9.59 Å². The van der Waals surface area contributed by atoms with E-state index in [1.165, 1.54) is 0 Å². The van der Waals surface area contributed by atoms with Gasteiger partial charge in [-0.3, -0.25) is 14.5 Å². The van der Waals surface area contributed by atoms with Crippen molar-refractivity contribution in [3.8, 4) is 0 Å². The smallest absolute Gasteiger partial charge is 0.246 e. The van der Waals surface area contributed by atoms with E-state index in [0.29, 0.717) is 12.3 Å². The highest BCUT2D eigenvalue weighted by Gasteiger charge is 2.20. The molecule has 2 amide bonds. The van der Waals surface area contributed by atoms with Crippen molar-refractivity contribution in [2.24, 2.45) is 0 Å². The molecule has 1 aromatic rings. The van der Waals surface area contributed by atoms with E-state index in [1.54, 1.807) is 6.08 Å². The summed E-state index contributed by atoms with van der Waals surface area (Å²) in [6.07, 6.45) is 8.59. The molecule has 0 aromatic heterocycles. The summed E-state index contributed by atoms with van der Waals surface area (Å²) in [5, 5.41) is 0. The normalized spacial score (nSPS) is 18.4. The molecule has 3 rings (SSSR count). The van der Waals surface area contributed by atoms with Gasteiger partial charge in [0.1, 0.15) is 0 Å². The molecule has 0 radical (unpaired) electrons. The topological polar surface area (TPSA) is 43.9 Å². The molecule has 5 heteroatoms. The van der Waals surface area contributed by atoms with E-state index in [2.05, 4.69) is 4.90 Å². The Bertz CT molecular complexity index is 630. The molecular formula is C22H31N3O2. The zero-order valence-electron chi connectivity index (χ0n) is 16.2. The van der Waals surface area contributed by atoms with Crippen molar-refractivity contribution in [3.05, 3.63) is 42.0 Å². The fraction of sp³-hybridized carbons (Fsp3) is 0.545. The summed E-state index contributed by atoms with van der Waals surface area (Å²) >= 11 is 0. The minimum Gasteiger partial charge on any atom is -0.343 e. The van der Waals surface area contributed by atoms with Crippen molar-refractivity contribution < 1.29 is 9.59 Å². The van der Waals surface area contributed by atoms with Crippen LogP contribution in [0.3, 0.4) is 0 Å². The lowest BCUT2D eigenvalue weighted by Crippen LogP contribution is -2.48. The molecule has 2 saturated heterocycles. The van der Waals surface area contributed by atoms with E-state index >= 15 is 0 Å². The molecule has 27 heavy (non-hydrogen) atoms. The van der Waals surface area contributed by atoms with Crippen molar-refractivity contribution in [2.45, 2.75) is 32.1 Å². The predicted molar refractivity (Wildman–Crippen MR) is 108 cm³/mol. The van der Waals surface area contributed by atoms with E-state index < -0.39 is 0 Å². The van der Waals surface area contributed by atoms with Gasteiger partial charge in [0.05, 0.1) is 0 Å². The molecular weight excluding hydrogens is 338 g/mol. The monoisotopic (exact) mass is 369 g/mol. The molecule has 0 spiro atoms. The van der Waals surface area contributed by atoms with Gasteiger partial charge >= 0.3 is 0 Å². The number of carbonyl (C=O) groups excluding carboxylic acids is 2. The lowest BCUT2D eigenvalue weighted by Gasteiger charge is -2.34. The van der Waals surface area contributed by atoms with Crippen LogP contribution in [0.5, 0.6) is 0 Å². The Morgan fingerprint density at radius 1 is 0.852 bits per heavy atom. The minimum atomic E-state index is 0.0923. The zero-order chi connectivity index (χ0) is 18.9. The molecule has 2 aliphatic heterocycles. The van der Waals surface area contributed by atoms with Gasteiger partial charge in [0.25, 0.3) is 0 Å². The van der Waals surface area contributed by atoms with Gasteiger partial charge < -0.3 is 9.80 Å². The first kappa shape index (κ1) is 19.6. The number of unbranched alkanes of at least 4 members (excludes halogenated alkanes) is 1. The molecule has 0 atom stereocenters. The molecule has 146 valence electrons. The van der Waals surface area contributed by atoms with E-state index in [1.807, 2.05) is 46.2 Å². The van der Waals surface area contributed by atoms with Crippen LogP contribution >= 0.6 is 0 Å². The van der Waals surface area contributed by atoms with Crippen molar-refractivity contribution >= 4 is 17.9 Å². The van der Waals surface area contributed by atoms with Crippen LogP contribution in [0.4, 0.5) is 0 Å². The van der Waals surface area contributed by atoms with Gasteiger partial charge in [0.2, 0.25) is 11.8 Å². The van der Waals surface area contributed by atoms with Crippen molar-refractivity contribution in [1.82, 2.24) is 14.7 Å². The summed E-state index contributed by atoms with van der Waals surface area (Å²) in [5.74, 6) is 0.419. The third-order valence-corrected chi connectivity index (χ3v) is 5.48. The van der Waals surface area contributed by atoms with Gasteiger partial charge in [-0.2, -0.15) is 0 Å². The maximum Gasteiger partial charge on any atom is 0.246 e. The Morgan fingerprint density at radius 2 is 1.56 bits per heavy atom. The number of benzene rings is 1. The van der Waals surface area contributed by atoms with Crippen LogP contribution in [0.15, 0.2) is 36.4 Å². The number of piperazine rings is 1. The molecule has 0 unspecified atom stereocenters. The summed E-state index contributed by atoms with van der Waals surface area (Å²) in [7, 11) is 0. The first-order valence-electron chi connectivity index (χ1n) is 10.2. The van der Waals surface area contributed by atoms with Crippen molar-refractivity contribution in [3.63, 3.8) is 0 Å². The molecule has 1 aromatic carbocycles. The van der Waals surface area contributed by atoms with Crippen molar-refractivity contribution in [2.75, 3.05) is 45.8 Å². The number of hydrogen-bond acceptors (Lipinski definition) is 3. The lowest BCUT2D eigenvalue weighted by molar-refractivity contribution is -0.130. The number of carbonyl (C=O) groups is 2. The number of rotatable bonds is 7. The van der Waals surface area contributed by atoms with Gasteiger partial charge in [-0.05, 0) is 43.9 Å². The third kappa shape index (κ3) is 6.21. The average molecular weight is 370 g/mol. The summed E-state index contributed by atoms with van der Waals surface area (Å²) in [5.41, 5.74) is 1.05. The predicted octanol–water partition coefficient (Wildman–Crippen LogP) is 2.64. The first-order valence-corrected chi connectivity index (χ1v) is 10.2. The molecule has 5 nitrogen and oxygen atoms in total. The van der Waals surface area contributed by atoms with Crippen LogP contribution in [0, 0.1) is 0 Å². The number of amides is 2. The Kier molecular flexibility index (Phi) is 7.45. The molecule has 2 heterocycles. The molecule has 0 aliphatic carbocycles. The van der Waals surface area contributed by atoms with Crippen LogP contribution in [-0.4, -0.2) is 72.3 Å². The second-order valence-electron chi connectivity index (χ2n) is 7.46. The summed E-state index contributed by atoms with van der Waals surface area (Å²) in [6.45, 7) is 6.33. The Balaban J connectivity index is 1.30. The SMILES string of the molecule is O=C(/C=C/c1ccccc1)N1CCN(CCCCC(=O)N2CCCC2)CC1. The van der Waals surface area contributed by atoms with Crippen molar-refractivity contribution in [1.29, 1.82) is 0 Å². The highest BCUT2D eigenvalue weighted by Crippen LogP contribution is 2.11. The van der Waals surface area contributed by atoms with E-state index in [-0.39, 0.29) is 5.91 Å². The summed E-state index contributed by atoms with van der Waals surface area (Å²) in [6, 6.07) is 9.91. The highest BCUT2D eigenvalue weighted by molar-refractivity contribution is 5.91. The Hall–Kier alpha value is -2.14. The quantitative estimate of drug-likeness (QED) is 0.548. The maximum atomic E-state index is 12.3. The highest BCUT2D eigenvalue weighted by atomic mass is 16.2. The van der Waals surface area contributed by atoms with Gasteiger partial charge in [0, 0.05) is 51.8 Å². The number of nitrogens with zero attached hydrogens (tertiary/aromatic N) is 3. The summed E-state index contributed by atoms with van der Waals surface area (Å²) in [4.78, 5) is 30.7. The summed E-state index contributed by atoms with van der Waals surface area (Å²) < 4.78 is 0. The first-order chi connectivity index (χ1) is 13.2. The molecule has 2 aliphatic rings. The van der Waals surface area contributed by atoms with Gasteiger partial charge in [-0.15, -0.1) is 0 Å². The molecule has 2 fully saturated rings. The van der Waals surface area contributed by atoms with Crippen LogP contribution in [0.1, 0.15) is 37.7 Å². The number of likely N-dealkylation sites (tertiary alicyclic amines) is 1. The van der Waals surface area contributed by atoms with E-state index in [0.717, 1.165) is 77.1 Å². The average Bonchev–Trinajstić information content (AvgIpc) is 3.25. The number of hydrogen-bond donors (Lipinski definition) is 0. The standard InChI is InChI=1S/C22H31N3O2/c26-21(24-14-6-7-15-24)10-4-5-13-23-16-18-25(19-17-23)22(27)12-11-20-8-2-1-3-9-20/h1-3,8-9,11-12H,4-7,10,13-19H2/b12-11+. The van der Waals surface area contributed by atoms with Gasteiger partial charge in [-0.25, -0.2) is 0 Å². The van der Waals surface area contributed by atoms with Crippen LogP contribution in [0.25, 0.3) is 6.08 Å². The molecule has 0 N–H and O–H groups in total. The lowest BCUT2D eigenvalue weighted by atomic mass is 10.2. The maximum absolute atomic E-state index is 12.3. The Morgan fingerprint density at radius 3 is 2.26 bits per heavy atom. The third-order valence-electron chi connectivity index (χ3n) is 5.48. The fourth-order valence-corrected chi connectivity index (χ4v) is 3.77. The largest absolute Gasteiger partial charge is 0.343 e. The fourth-order valence-electron chi connectivity index (χ4n) is 3.77. The van der Waals surface area contributed by atoms with Gasteiger partial charge in [0.15, 0.2) is 0 Å². The molecule has 0 saturated carbocycles. The van der Waals surface area contributed by atoms with Crippen LogP contribution in [-0.2, 0) is 9.59 Å². The second kappa shape index (κ2) is 10.3.